The minimum Gasteiger partial charge on any atom is -0.393 e. The van der Waals surface area contributed by atoms with E-state index in [0.29, 0.717) is 0 Å². The van der Waals surface area contributed by atoms with Gasteiger partial charge >= 0.3 is 0 Å². The van der Waals surface area contributed by atoms with Crippen LogP contribution in [-0.4, -0.2) is 34.2 Å². The van der Waals surface area contributed by atoms with E-state index in [1.54, 1.807) is 0 Å². The van der Waals surface area contributed by atoms with E-state index in [2.05, 4.69) is 16.0 Å². The molecule has 2 heterocycles. The number of likely N-dealkylation sites (tertiary alicyclic amines) is 1. The van der Waals surface area contributed by atoms with Gasteiger partial charge in [0.25, 0.3) is 0 Å². The van der Waals surface area contributed by atoms with E-state index in [1.165, 1.54) is 5.69 Å². The maximum atomic E-state index is 9.32. The Hall–Kier alpha value is -0.800. The highest BCUT2D eigenvalue weighted by Crippen LogP contribution is 2.12. The quantitative estimate of drug-likeness (QED) is 0.712. The van der Waals surface area contributed by atoms with Crippen molar-refractivity contribution in [1.82, 2.24) is 9.88 Å². The molecule has 0 unspecified atom stereocenters. The van der Waals surface area contributed by atoms with Crippen molar-refractivity contribution in [1.29, 1.82) is 0 Å². The van der Waals surface area contributed by atoms with E-state index in [0.717, 1.165) is 32.5 Å². The summed E-state index contributed by atoms with van der Waals surface area (Å²) in [5.74, 6) is 0. The van der Waals surface area contributed by atoms with Gasteiger partial charge < -0.3 is 10.1 Å². The second-order valence-electron chi connectivity index (χ2n) is 3.70. The van der Waals surface area contributed by atoms with Gasteiger partial charge in [-0.1, -0.05) is 0 Å². The number of aromatic amines is 1. The summed E-state index contributed by atoms with van der Waals surface area (Å²) in [6.45, 7) is 3.01. The molecule has 2 rings (SSSR count). The predicted octanol–water partition coefficient (Wildman–Crippen LogP) is 0.971. The number of hydrogen-bond donors (Lipinski definition) is 2. The molecule has 1 aliphatic rings. The van der Waals surface area contributed by atoms with Crippen molar-refractivity contribution in [2.45, 2.75) is 25.5 Å². The highest BCUT2D eigenvalue weighted by atomic mass is 16.3. The van der Waals surface area contributed by atoms with E-state index >= 15 is 0 Å². The largest absolute Gasteiger partial charge is 0.393 e. The summed E-state index contributed by atoms with van der Waals surface area (Å²) in [6.07, 6.45) is 3.72. The number of rotatable bonds is 2. The van der Waals surface area contributed by atoms with Crippen molar-refractivity contribution >= 4 is 0 Å². The maximum Gasteiger partial charge on any atom is 0.0564 e. The highest BCUT2D eigenvalue weighted by molar-refractivity contribution is 5.03. The molecule has 1 aliphatic heterocycles. The smallest absolute Gasteiger partial charge is 0.0564 e. The van der Waals surface area contributed by atoms with Crippen LogP contribution in [0.2, 0.25) is 0 Å². The number of nitrogens with zero attached hydrogens (tertiary/aromatic N) is 1. The van der Waals surface area contributed by atoms with Crippen LogP contribution in [0, 0.1) is 0 Å². The first-order chi connectivity index (χ1) is 6.34. The molecular weight excluding hydrogens is 164 g/mol. The Kier molecular flexibility index (Phi) is 2.66. The topological polar surface area (TPSA) is 39.3 Å². The molecule has 1 aromatic heterocycles. The fourth-order valence-corrected chi connectivity index (χ4v) is 1.78. The summed E-state index contributed by atoms with van der Waals surface area (Å²) in [4.78, 5) is 5.57. The first-order valence-electron chi connectivity index (χ1n) is 4.87. The zero-order valence-electron chi connectivity index (χ0n) is 7.74. The molecule has 72 valence electrons. The standard InChI is InChI=1S/C10H16N2O/c13-10-3-6-12(7-4-10)8-9-2-1-5-11-9/h1-2,5,10-11,13H,3-4,6-8H2. The number of aliphatic hydroxyl groups excluding tert-OH is 1. The van der Waals surface area contributed by atoms with Gasteiger partial charge in [-0.15, -0.1) is 0 Å². The van der Waals surface area contributed by atoms with Crippen LogP contribution in [0.1, 0.15) is 18.5 Å². The SMILES string of the molecule is OC1CCN(Cc2ccc[nH]2)CC1. The Bertz CT molecular complexity index is 237. The van der Waals surface area contributed by atoms with E-state index in [4.69, 9.17) is 0 Å². The fourth-order valence-electron chi connectivity index (χ4n) is 1.78. The summed E-state index contributed by atoms with van der Waals surface area (Å²) in [7, 11) is 0. The normalized spacial score (nSPS) is 20.7. The van der Waals surface area contributed by atoms with Crippen molar-refractivity contribution in [3.05, 3.63) is 24.0 Å². The maximum absolute atomic E-state index is 9.32. The van der Waals surface area contributed by atoms with Crippen LogP contribution in [0.15, 0.2) is 18.3 Å². The second kappa shape index (κ2) is 3.94. The zero-order valence-corrected chi connectivity index (χ0v) is 7.74. The van der Waals surface area contributed by atoms with Gasteiger partial charge in [-0.2, -0.15) is 0 Å². The zero-order chi connectivity index (χ0) is 9.10. The molecule has 1 aromatic rings. The molecule has 1 saturated heterocycles. The molecule has 0 bridgehead atoms. The van der Waals surface area contributed by atoms with E-state index < -0.39 is 0 Å². The minimum atomic E-state index is -0.0695. The lowest BCUT2D eigenvalue weighted by Gasteiger charge is -2.28. The third-order valence-electron chi connectivity index (χ3n) is 2.61. The van der Waals surface area contributed by atoms with Crippen LogP contribution in [0.3, 0.4) is 0 Å². The molecule has 13 heavy (non-hydrogen) atoms. The molecule has 0 aliphatic carbocycles. The minimum absolute atomic E-state index is 0.0695. The van der Waals surface area contributed by atoms with Crippen LogP contribution < -0.4 is 0 Å². The third kappa shape index (κ3) is 2.32. The molecule has 0 atom stereocenters. The van der Waals surface area contributed by atoms with Gasteiger partial charge in [0, 0.05) is 31.5 Å². The van der Waals surface area contributed by atoms with Crippen LogP contribution in [-0.2, 0) is 6.54 Å². The fraction of sp³-hybridized carbons (Fsp3) is 0.600. The van der Waals surface area contributed by atoms with Gasteiger partial charge in [-0.25, -0.2) is 0 Å². The molecule has 3 nitrogen and oxygen atoms in total. The van der Waals surface area contributed by atoms with Crippen molar-refractivity contribution in [3.8, 4) is 0 Å². The molecule has 2 N–H and O–H groups in total. The molecule has 0 aromatic carbocycles. The molecule has 0 saturated carbocycles. The van der Waals surface area contributed by atoms with Crippen molar-refractivity contribution < 1.29 is 5.11 Å². The number of hydrogen-bond acceptors (Lipinski definition) is 2. The first-order valence-corrected chi connectivity index (χ1v) is 4.87. The van der Waals surface area contributed by atoms with Crippen LogP contribution in [0.25, 0.3) is 0 Å². The molecule has 0 radical (unpaired) electrons. The lowest BCUT2D eigenvalue weighted by molar-refractivity contribution is 0.0787. The first kappa shape index (κ1) is 8.78. The molecule has 1 fully saturated rings. The van der Waals surface area contributed by atoms with Gasteiger partial charge in [0.15, 0.2) is 0 Å². The van der Waals surface area contributed by atoms with Gasteiger partial charge in [-0.05, 0) is 25.0 Å². The monoisotopic (exact) mass is 180 g/mol. The summed E-state index contributed by atoms with van der Waals surface area (Å²) < 4.78 is 0. The van der Waals surface area contributed by atoms with Crippen molar-refractivity contribution in [2.24, 2.45) is 0 Å². The lowest BCUT2D eigenvalue weighted by Crippen LogP contribution is -2.35. The van der Waals surface area contributed by atoms with E-state index in [-0.39, 0.29) is 6.10 Å². The number of aromatic nitrogens is 1. The number of piperidine rings is 1. The highest BCUT2D eigenvalue weighted by Gasteiger charge is 2.16. The molecule has 3 heteroatoms. The lowest BCUT2D eigenvalue weighted by atomic mass is 10.1. The molecule has 0 spiro atoms. The Labute approximate surface area is 78.4 Å². The number of aliphatic hydroxyl groups is 1. The Balaban J connectivity index is 1.83. The van der Waals surface area contributed by atoms with Crippen molar-refractivity contribution in [3.63, 3.8) is 0 Å². The summed E-state index contributed by atoms with van der Waals surface area (Å²) in [6, 6.07) is 4.12. The van der Waals surface area contributed by atoms with Crippen LogP contribution >= 0.6 is 0 Å². The average Bonchev–Trinajstić information content (AvgIpc) is 2.62. The Morgan fingerprint density at radius 3 is 2.85 bits per heavy atom. The van der Waals surface area contributed by atoms with Crippen LogP contribution in [0.5, 0.6) is 0 Å². The number of nitrogens with one attached hydrogen (secondary N) is 1. The molecule has 0 amide bonds. The summed E-state index contributed by atoms with van der Waals surface area (Å²) in [5.41, 5.74) is 1.26. The Morgan fingerprint density at radius 2 is 2.23 bits per heavy atom. The van der Waals surface area contributed by atoms with Gasteiger partial charge in [0.2, 0.25) is 0 Å². The number of H-pyrrole nitrogens is 1. The predicted molar refractivity (Wildman–Crippen MR) is 51.3 cm³/mol. The van der Waals surface area contributed by atoms with Gasteiger partial charge in [0.05, 0.1) is 6.10 Å². The average molecular weight is 180 g/mol. The van der Waals surface area contributed by atoms with Gasteiger partial charge in [-0.3, -0.25) is 4.90 Å². The molecular formula is C10H16N2O. The summed E-state index contributed by atoms with van der Waals surface area (Å²) >= 11 is 0. The van der Waals surface area contributed by atoms with E-state index in [1.807, 2.05) is 12.3 Å². The van der Waals surface area contributed by atoms with Crippen molar-refractivity contribution in [2.75, 3.05) is 13.1 Å². The third-order valence-corrected chi connectivity index (χ3v) is 2.61. The van der Waals surface area contributed by atoms with E-state index in [9.17, 15) is 5.11 Å². The summed E-state index contributed by atoms with van der Waals surface area (Å²) in [5, 5.41) is 9.32. The second-order valence-corrected chi connectivity index (χ2v) is 3.70. The Morgan fingerprint density at radius 1 is 1.46 bits per heavy atom. The van der Waals surface area contributed by atoms with Crippen LogP contribution in [0.4, 0.5) is 0 Å². The van der Waals surface area contributed by atoms with Gasteiger partial charge in [0.1, 0.15) is 0 Å².